The lowest BCUT2D eigenvalue weighted by Gasteiger charge is -2.13. The van der Waals surface area contributed by atoms with Crippen LogP contribution in [-0.4, -0.2) is 31.3 Å². The maximum absolute atomic E-state index is 11.7. The Hall–Kier alpha value is -1.58. The highest BCUT2D eigenvalue weighted by Gasteiger charge is 2.19. The van der Waals surface area contributed by atoms with Crippen molar-refractivity contribution in [3.63, 3.8) is 0 Å². The van der Waals surface area contributed by atoms with Crippen molar-refractivity contribution in [2.45, 2.75) is 4.90 Å². The van der Waals surface area contributed by atoms with E-state index in [-0.39, 0.29) is 17.0 Å². The van der Waals surface area contributed by atoms with Crippen LogP contribution >= 0.6 is 0 Å². The van der Waals surface area contributed by atoms with Crippen molar-refractivity contribution in [1.82, 2.24) is 9.29 Å². The van der Waals surface area contributed by atoms with E-state index in [1.165, 1.54) is 13.1 Å². The molecule has 0 aromatic carbocycles. The zero-order valence-electron chi connectivity index (χ0n) is 8.10. The second-order valence-electron chi connectivity index (χ2n) is 2.85. The van der Waals surface area contributed by atoms with E-state index in [1.54, 1.807) is 0 Å². The van der Waals surface area contributed by atoms with Crippen LogP contribution in [-0.2, 0) is 10.0 Å². The molecule has 80 valence electrons. The maximum atomic E-state index is 11.7. The summed E-state index contributed by atoms with van der Waals surface area (Å²) in [6.45, 7) is -0.0124. The first-order chi connectivity index (χ1) is 6.98. The molecule has 1 aromatic heterocycles. The molecule has 0 radical (unpaired) electrons. The van der Waals surface area contributed by atoms with Gasteiger partial charge in [-0.1, -0.05) is 5.92 Å². The number of terminal acetylenes is 1. The molecule has 15 heavy (non-hydrogen) atoms. The smallest absolute Gasteiger partial charge is 0.247 e. The molecule has 0 atom stereocenters. The van der Waals surface area contributed by atoms with Crippen LogP contribution in [0.2, 0.25) is 0 Å². The molecule has 1 rings (SSSR count). The van der Waals surface area contributed by atoms with Crippen molar-refractivity contribution in [2.75, 3.05) is 13.6 Å². The molecular weight excluding hydrogens is 216 g/mol. The minimum absolute atomic E-state index is 0.0124. The van der Waals surface area contributed by atoms with Crippen LogP contribution < -0.4 is 5.56 Å². The number of nitrogens with zero attached hydrogens (tertiary/aromatic N) is 1. The second kappa shape index (κ2) is 4.29. The highest BCUT2D eigenvalue weighted by molar-refractivity contribution is 7.89. The van der Waals surface area contributed by atoms with Gasteiger partial charge < -0.3 is 4.98 Å². The Morgan fingerprint density at radius 3 is 2.67 bits per heavy atom. The quantitative estimate of drug-likeness (QED) is 0.715. The van der Waals surface area contributed by atoms with Gasteiger partial charge in [-0.2, -0.15) is 4.31 Å². The van der Waals surface area contributed by atoms with E-state index in [0.717, 1.165) is 16.6 Å². The fraction of sp³-hybridized carbons (Fsp3) is 0.222. The molecule has 0 aliphatic heterocycles. The summed E-state index contributed by atoms with van der Waals surface area (Å²) in [5.41, 5.74) is -0.353. The van der Waals surface area contributed by atoms with Crippen molar-refractivity contribution in [1.29, 1.82) is 0 Å². The summed E-state index contributed by atoms with van der Waals surface area (Å²) in [6.07, 6.45) is 6.16. The predicted octanol–water partition coefficient (Wildman–Crippen LogP) is -0.371. The van der Waals surface area contributed by atoms with Crippen molar-refractivity contribution in [3.05, 3.63) is 28.7 Å². The van der Waals surface area contributed by atoms with E-state index in [9.17, 15) is 13.2 Å². The molecule has 0 bridgehead atoms. The van der Waals surface area contributed by atoms with Gasteiger partial charge in [0.15, 0.2) is 0 Å². The topological polar surface area (TPSA) is 70.2 Å². The van der Waals surface area contributed by atoms with E-state index in [2.05, 4.69) is 10.9 Å². The molecule has 0 aliphatic rings. The van der Waals surface area contributed by atoms with Gasteiger partial charge >= 0.3 is 0 Å². The summed E-state index contributed by atoms with van der Waals surface area (Å²) in [5, 5.41) is 0. The first-order valence-corrected chi connectivity index (χ1v) is 5.51. The Morgan fingerprint density at radius 1 is 1.53 bits per heavy atom. The lowest BCUT2D eigenvalue weighted by Crippen LogP contribution is -2.27. The minimum atomic E-state index is -3.60. The number of pyridine rings is 1. The molecule has 1 heterocycles. The van der Waals surface area contributed by atoms with Gasteiger partial charge in [0.1, 0.15) is 0 Å². The van der Waals surface area contributed by atoms with E-state index in [1.807, 2.05) is 0 Å². The molecule has 0 unspecified atom stereocenters. The first kappa shape index (κ1) is 11.5. The number of hydrogen-bond acceptors (Lipinski definition) is 3. The molecule has 1 N–H and O–H groups in total. The van der Waals surface area contributed by atoms with Crippen molar-refractivity contribution in [2.24, 2.45) is 0 Å². The normalized spacial score (nSPS) is 11.3. The Kier molecular flexibility index (Phi) is 3.29. The van der Waals surface area contributed by atoms with Crippen LogP contribution in [0.1, 0.15) is 0 Å². The average molecular weight is 226 g/mol. The van der Waals surface area contributed by atoms with Crippen LogP contribution in [0.15, 0.2) is 28.0 Å². The molecule has 0 fully saturated rings. The van der Waals surface area contributed by atoms with Gasteiger partial charge in [-0.15, -0.1) is 6.42 Å². The molecule has 0 aliphatic carbocycles. The molecular formula is C9H10N2O3S. The van der Waals surface area contributed by atoms with Gasteiger partial charge in [0.2, 0.25) is 15.6 Å². The van der Waals surface area contributed by atoms with E-state index < -0.39 is 10.0 Å². The molecule has 5 nitrogen and oxygen atoms in total. The Bertz CT molecular complexity index is 519. The fourth-order valence-corrected chi connectivity index (χ4v) is 2.00. The summed E-state index contributed by atoms with van der Waals surface area (Å²) >= 11 is 0. The van der Waals surface area contributed by atoms with Crippen LogP contribution in [0.25, 0.3) is 0 Å². The fourth-order valence-electron chi connectivity index (χ4n) is 0.950. The zero-order chi connectivity index (χ0) is 11.5. The largest absolute Gasteiger partial charge is 0.328 e. The monoisotopic (exact) mass is 226 g/mol. The third-order valence-corrected chi connectivity index (χ3v) is 3.58. The molecule has 0 amide bonds. The minimum Gasteiger partial charge on any atom is -0.328 e. The number of H-pyrrole nitrogens is 1. The molecule has 0 spiro atoms. The number of aromatic nitrogens is 1. The second-order valence-corrected chi connectivity index (χ2v) is 4.90. The highest BCUT2D eigenvalue weighted by atomic mass is 32.2. The average Bonchev–Trinajstić information content (AvgIpc) is 2.18. The Morgan fingerprint density at radius 2 is 2.20 bits per heavy atom. The lowest BCUT2D eigenvalue weighted by molar-refractivity contribution is 0.502. The number of rotatable bonds is 3. The highest BCUT2D eigenvalue weighted by Crippen LogP contribution is 2.10. The summed E-state index contributed by atoms with van der Waals surface area (Å²) in [7, 11) is -2.22. The third kappa shape index (κ3) is 2.46. The SMILES string of the molecule is C#CCN(C)S(=O)(=O)c1ccc(=O)[nH]c1. The summed E-state index contributed by atoms with van der Waals surface area (Å²) in [5.74, 6) is 2.23. The number of hydrogen-bond donors (Lipinski definition) is 1. The third-order valence-electron chi connectivity index (χ3n) is 1.78. The molecule has 6 heteroatoms. The van der Waals surface area contributed by atoms with Gasteiger partial charge in [0.05, 0.1) is 11.4 Å². The van der Waals surface area contributed by atoms with Crippen molar-refractivity contribution >= 4 is 10.0 Å². The van der Waals surface area contributed by atoms with Crippen LogP contribution in [0, 0.1) is 12.3 Å². The Labute approximate surface area is 87.8 Å². The maximum Gasteiger partial charge on any atom is 0.247 e. The summed E-state index contributed by atoms with van der Waals surface area (Å²) in [4.78, 5) is 13.1. The molecule has 1 aromatic rings. The number of nitrogens with one attached hydrogen (secondary N) is 1. The van der Waals surface area contributed by atoms with E-state index in [4.69, 9.17) is 6.42 Å². The molecule has 0 saturated heterocycles. The predicted molar refractivity (Wildman–Crippen MR) is 55.7 cm³/mol. The summed E-state index contributed by atoms with van der Waals surface area (Å²) in [6, 6.07) is 2.39. The summed E-state index contributed by atoms with van der Waals surface area (Å²) < 4.78 is 24.5. The number of sulfonamides is 1. The lowest BCUT2D eigenvalue weighted by atomic mass is 10.5. The van der Waals surface area contributed by atoms with Gasteiger partial charge in [-0.05, 0) is 6.07 Å². The van der Waals surface area contributed by atoms with E-state index in [0.29, 0.717) is 0 Å². The standard InChI is InChI=1S/C9H10N2O3S/c1-3-6-11(2)15(13,14)8-4-5-9(12)10-7-8/h1,4-5,7H,6H2,2H3,(H,10,12). The number of aromatic amines is 1. The van der Waals surface area contributed by atoms with Crippen molar-refractivity contribution in [3.8, 4) is 12.3 Å². The van der Waals surface area contributed by atoms with Crippen LogP contribution in [0.4, 0.5) is 0 Å². The zero-order valence-corrected chi connectivity index (χ0v) is 8.91. The van der Waals surface area contributed by atoms with E-state index >= 15 is 0 Å². The van der Waals surface area contributed by atoms with Crippen molar-refractivity contribution < 1.29 is 8.42 Å². The van der Waals surface area contributed by atoms with Gasteiger partial charge in [0.25, 0.3) is 0 Å². The molecule has 0 saturated carbocycles. The van der Waals surface area contributed by atoms with Crippen LogP contribution in [0.5, 0.6) is 0 Å². The van der Waals surface area contributed by atoms with Gasteiger partial charge in [-0.25, -0.2) is 8.42 Å². The van der Waals surface area contributed by atoms with Gasteiger partial charge in [-0.3, -0.25) is 4.79 Å². The first-order valence-electron chi connectivity index (χ1n) is 4.07. The Balaban J connectivity index is 3.13. The van der Waals surface area contributed by atoms with Gasteiger partial charge in [0, 0.05) is 19.3 Å². The van der Waals surface area contributed by atoms with Crippen LogP contribution in [0.3, 0.4) is 0 Å².